The summed E-state index contributed by atoms with van der Waals surface area (Å²) in [7, 11) is 0. The third-order valence-electron chi connectivity index (χ3n) is 4.88. The molecule has 0 bridgehead atoms. The fraction of sp³-hybridized carbons (Fsp3) is 0.500. The van der Waals surface area contributed by atoms with Crippen molar-refractivity contribution < 1.29 is 4.79 Å². The maximum Gasteiger partial charge on any atom is 0.238 e. The van der Waals surface area contributed by atoms with Gasteiger partial charge in [0, 0.05) is 67.7 Å². The van der Waals surface area contributed by atoms with E-state index in [0.717, 1.165) is 55.3 Å². The molecule has 1 aromatic carbocycles. The van der Waals surface area contributed by atoms with Crippen molar-refractivity contribution in [1.29, 1.82) is 0 Å². The first-order chi connectivity index (χ1) is 13.0. The molecular formula is C20H28BrN5O. The summed E-state index contributed by atoms with van der Waals surface area (Å²) in [6.07, 6.45) is 3.95. The van der Waals surface area contributed by atoms with Crippen molar-refractivity contribution in [2.75, 3.05) is 44.6 Å². The number of amides is 1. The molecule has 1 amide bonds. The highest BCUT2D eigenvalue weighted by Crippen LogP contribution is 2.14. The molecule has 7 heteroatoms. The van der Waals surface area contributed by atoms with E-state index in [1.807, 2.05) is 30.5 Å². The van der Waals surface area contributed by atoms with Crippen molar-refractivity contribution >= 4 is 27.5 Å². The molecule has 1 aromatic heterocycles. The van der Waals surface area contributed by atoms with Crippen LogP contribution in [-0.2, 0) is 11.3 Å². The molecule has 0 unspecified atom stereocenters. The number of halogens is 1. The number of aromatic nitrogens is 2. The average Bonchev–Trinajstić information content (AvgIpc) is 3.12. The lowest BCUT2D eigenvalue weighted by atomic mass is 10.2. The molecule has 0 radical (unpaired) electrons. The minimum atomic E-state index is 0.0470. The molecule has 1 aliphatic rings. The van der Waals surface area contributed by atoms with Crippen LogP contribution in [0.5, 0.6) is 0 Å². The van der Waals surface area contributed by atoms with Crippen LogP contribution >= 0.6 is 15.9 Å². The number of carbonyl (C=O) groups is 1. The number of hydrogen-bond donors (Lipinski definition) is 1. The van der Waals surface area contributed by atoms with E-state index in [0.29, 0.717) is 12.5 Å². The van der Waals surface area contributed by atoms with E-state index < -0.39 is 0 Å². The number of nitrogens with one attached hydrogen (secondary N) is 1. The molecule has 1 aliphatic heterocycles. The number of anilines is 1. The van der Waals surface area contributed by atoms with Crippen LogP contribution in [0.3, 0.4) is 0 Å². The van der Waals surface area contributed by atoms with Crippen LogP contribution in [0.1, 0.15) is 25.6 Å². The monoisotopic (exact) mass is 433 g/mol. The molecule has 146 valence electrons. The maximum absolute atomic E-state index is 12.2. The zero-order chi connectivity index (χ0) is 19.2. The standard InChI is InChI=1S/C20H28BrN5O/c1-16(2)20-22-7-8-26(20)14-13-24-9-11-25(12-10-24)15-19(27)23-18-5-3-17(21)4-6-18/h3-8,16H,9-15H2,1-2H3,(H,23,27). The van der Waals surface area contributed by atoms with Gasteiger partial charge in [-0.05, 0) is 24.3 Å². The van der Waals surface area contributed by atoms with Crippen LogP contribution < -0.4 is 5.32 Å². The van der Waals surface area contributed by atoms with Gasteiger partial charge in [0.25, 0.3) is 0 Å². The third-order valence-corrected chi connectivity index (χ3v) is 5.41. The molecule has 1 N–H and O–H groups in total. The summed E-state index contributed by atoms with van der Waals surface area (Å²) in [5, 5.41) is 2.96. The lowest BCUT2D eigenvalue weighted by Gasteiger charge is -2.34. The predicted molar refractivity (Wildman–Crippen MR) is 112 cm³/mol. The third kappa shape index (κ3) is 5.89. The number of rotatable bonds is 7. The summed E-state index contributed by atoms with van der Waals surface area (Å²) < 4.78 is 3.26. The molecule has 0 saturated carbocycles. The summed E-state index contributed by atoms with van der Waals surface area (Å²) in [6, 6.07) is 7.67. The Morgan fingerprint density at radius 2 is 1.78 bits per heavy atom. The van der Waals surface area contributed by atoms with E-state index >= 15 is 0 Å². The second kappa shape index (κ2) is 9.48. The SMILES string of the molecule is CC(C)c1nccn1CCN1CCN(CC(=O)Nc2ccc(Br)cc2)CC1. The second-order valence-corrected chi connectivity index (χ2v) is 8.22. The van der Waals surface area contributed by atoms with E-state index in [1.165, 1.54) is 0 Å². The Kier molecular flexibility index (Phi) is 7.04. The van der Waals surface area contributed by atoms with Crippen LogP contribution in [-0.4, -0.2) is 64.5 Å². The summed E-state index contributed by atoms with van der Waals surface area (Å²) in [5.74, 6) is 1.64. The number of hydrogen-bond acceptors (Lipinski definition) is 4. The van der Waals surface area contributed by atoms with Gasteiger partial charge in [-0.1, -0.05) is 29.8 Å². The van der Waals surface area contributed by atoms with Crippen LogP contribution in [0.15, 0.2) is 41.1 Å². The van der Waals surface area contributed by atoms with Gasteiger partial charge < -0.3 is 9.88 Å². The van der Waals surface area contributed by atoms with Gasteiger partial charge in [0.2, 0.25) is 5.91 Å². The highest BCUT2D eigenvalue weighted by Gasteiger charge is 2.19. The molecule has 1 saturated heterocycles. The van der Waals surface area contributed by atoms with Gasteiger partial charge in [-0.15, -0.1) is 0 Å². The summed E-state index contributed by atoms with van der Waals surface area (Å²) in [4.78, 5) is 21.4. The molecule has 0 aliphatic carbocycles. The number of nitrogens with zero attached hydrogens (tertiary/aromatic N) is 4. The maximum atomic E-state index is 12.2. The number of carbonyl (C=O) groups excluding carboxylic acids is 1. The minimum absolute atomic E-state index is 0.0470. The molecule has 6 nitrogen and oxygen atoms in total. The van der Waals surface area contributed by atoms with Crippen LogP contribution in [0, 0.1) is 0 Å². The molecule has 3 rings (SSSR count). The van der Waals surface area contributed by atoms with Crippen molar-refractivity contribution in [2.45, 2.75) is 26.3 Å². The van der Waals surface area contributed by atoms with Crippen molar-refractivity contribution in [3.63, 3.8) is 0 Å². The minimum Gasteiger partial charge on any atom is -0.333 e. The fourth-order valence-electron chi connectivity index (χ4n) is 3.37. The molecule has 2 heterocycles. The summed E-state index contributed by atoms with van der Waals surface area (Å²) in [5.41, 5.74) is 0.836. The smallest absolute Gasteiger partial charge is 0.238 e. The first kappa shape index (κ1) is 20.0. The first-order valence-electron chi connectivity index (χ1n) is 9.52. The first-order valence-corrected chi connectivity index (χ1v) is 10.3. The summed E-state index contributed by atoms with van der Waals surface area (Å²) in [6.45, 7) is 10.6. The summed E-state index contributed by atoms with van der Waals surface area (Å²) >= 11 is 3.40. The van der Waals surface area contributed by atoms with Crippen molar-refractivity contribution in [2.24, 2.45) is 0 Å². The normalized spacial score (nSPS) is 16.0. The molecule has 2 aromatic rings. The van der Waals surface area contributed by atoms with Crippen molar-refractivity contribution in [3.05, 3.63) is 47.0 Å². The van der Waals surface area contributed by atoms with Gasteiger partial charge in [0.15, 0.2) is 0 Å². The lowest BCUT2D eigenvalue weighted by molar-refractivity contribution is -0.117. The number of piperazine rings is 1. The molecule has 1 fully saturated rings. The Bertz CT molecular complexity index is 735. The van der Waals surface area contributed by atoms with Gasteiger partial charge in [-0.25, -0.2) is 4.98 Å². The Morgan fingerprint density at radius 3 is 2.44 bits per heavy atom. The highest BCUT2D eigenvalue weighted by molar-refractivity contribution is 9.10. The zero-order valence-electron chi connectivity index (χ0n) is 16.1. The Hall–Kier alpha value is -1.70. The molecular weight excluding hydrogens is 406 g/mol. The van der Waals surface area contributed by atoms with E-state index in [2.05, 4.69) is 60.6 Å². The average molecular weight is 434 g/mol. The molecule has 27 heavy (non-hydrogen) atoms. The van der Waals surface area contributed by atoms with E-state index in [4.69, 9.17) is 0 Å². The van der Waals surface area contributed by atoms with E-state index in [1.54, 1.807) is 0 Å². The number of benzene rings is 1. The molecule has 0 spiro atoms. The van der Waals surface area contributed by atoms with Crippen LogP contribution in [0.2, 0.25) is 0 Å². The van der Waals surface area contributed by atoms with Crippen molar-refractivity contribution in [1.82, 2.24) is 19.4 Å². The quantitative estimate of drug-likeness (QED) is 0.728. The Labute approximate surface area is 169 Å². The van der Waals surface area contributed by atoms with Crippen molar-refractivity contribution in [3.8, 4) is 0 Å². The lowest BCUT2D eigenvalue weighted by Crippen LogP contribution is -2.49. The van der Waals surface area contributed by atoms with Crippen LogP contribution in [0.4, 0.5) is 5.69 Å². The predicted octanol–water partition coefficient (Wildman–Crippen LogP) is 3.03. The second-order valence-electron chi connectivity index (χ2n) is 7.31. The fourth-order valence-corrected chi connectivity index (χ4v) is 3.63. The topological polar surface area (TPSA) is 53.4 Å². The Morgan fingerprint density at radius 1 is 1.11 bits per heavy atom. The van der Waals surface area contributed by atoms with Gasteiger partial charge in [-0.3, -0.25) is 14.6 Å². The molecule has 0 atom stereocenters. The van der Waals surface area contributed by atoms with E-state index in [-0.39, 0.29) is 5.91 Å². The van der Waals surface area contributed by atoms with Gasteiger partial charge >= 0.3 is 0 Å². The largest absolute Gasteiger partial charge is 0.333 e. The van der Waals surface area contributed by atoms with Gasteiger partial charge in [-0.2, -0.15) is 0 Å². The van der Waals surface area contributed by atoms with Gasteiger partial charge in [0.1, 0.15) is 5.82 Å². The van der Waals surface area contributed by atoms with E-state index in [9.17, 15) is 4.79 Å². The van der Waals surface area contributed by atoms with Crippen LogP contribution in [0.25, 0.3) is 0 Å². The number of imidazole rings is 1. The van der Waals surface area contributed by atoms with Gasteiger partial charge in [0.05, 0.1) is 6.54 Å². The zero-order valence-corrected chi connectivity index (χ0v) is 17.7. The Balaban J connectivity index is 1.39. The highest BCUT2D eigenvalue weighted by atomic mass is 79.9.